The Balaban J connectivity index is 1.70. The zero-order chi connectivity index (χ0) is 19.7. The largest absolute Gasteiger partial charge is 0.485 e. The first-order valence-electron chi connectivity index (χ1n) is 8.75. The third-order valence-corrected chi connectivity index (χ3v) is 4.58. The van der Waals surface area contributed by atoms with Crippen molar-refractivity contribution in [1.29, 1.82) is 0 Å². The fourth-order valence-corrected chi connectivity index (χ4v) is 3.28. The van der Waals surface area contributed by atoms with Crippen LogP contribution in [0.3, 0.4) is 0 Å². The summed E-state index contributed by atoms with van der Waals surface area (Å²) >= 11 is 0. The molecule has 0 fully saturated rings. The highest BCUT2D eigenvalue weighted by Gasteiger charge is 2.31. The molecule has 0 atom stereocenters. The predicted octanol–water partition coefficient (Wildman–Crippen LogP) is 4.78. The van der Waals surface area contributed by atoms with E-state index in [-0.39, 0.29) is 25.3 Å². The van der Waals surface area contributed by atoms with Gasteiger partial charge in [0.05, 0.1) is 23.2 Å². The second-order valence-electron chi connectivity index (χ2n) is 6.37. The highest BCUT2D eigenvalue weighted by Crippen LogP contribution is 2.32. The SMILES string of the molecule is OCCn1c(COc2cccc3ccccc23)nc2cc(C(F)(F)F)ccc21. The lowest BCUT2D eigenvalue weighted by Crippen LogP contribution is -2.10. The van der Waals surface area contributed by atoms with Crippen molar-refractivity contribution in [1.82, 2.24) is 9.55 Å². The highest BCUT2D eigenvalue weighted by molar-refractivity contribution is 5.88. The van der Waals surface area contributed by atoms with Crippen molar-refractivity contribution < 1.29 is 23.0 Å². The molecule has 3 aromatic carbocycles. The Morgan fingerprint density at radius 3 is 2.57 bits per heavy atom. The van der Waals surface area contributed by atoms with Crippen LogP contribution in [0.2, 0.25) is 0 Å². The predicted molar refractivity (Wildman–Crippen MR) is 100 cm³/mol. The number of hydrogen-bond acceptors (Lipinski definition) is 3. The van der Waals surface area contributed by atoms with E-state index in [4.69, 9.17) is 4.74 Å². The Hall–Kier alpha value is -3.06. The van der Waals surface area contributed by atoms with Crippen molar-refractivity contribution in [3.8, 4) is 5.75 Å². The topological polar surface area (TPSA) is 47.3 Å². The molecule has 4 rings (SSSR count). The number of imidazole rings is 1. The van der Waals surface area contributed by atoms with Crippen LogP contribution in [0.5, 0.6) is 5.75 Å². The average Bonchev–Trinajstić information content (AvgIpc) is 3.03. The fourth-order valence-electron chi connectivity index (χ4n) is 3.28. The number of hydrogen-bond donors (Lipinski definition) is 1. The zero-order valence-electron chi connectivity index (χ0n) is 14.8. The number of aliphatic hydroxyl groups is 1. The molecule has 4 aromatic rings. The molecular weight excluding hydrogens is 369 g/mol. The van der Waals surface area contributed by atoms with Crippen molar-refractivity contribution in [2.24, 2.45) is 0 Å². The molecule has 0 aliphatic rings. The smallest absolute Gasteiger partial charge is 0.416 e. The van der Waals surface area contributed by atoms with Gasteiger partial charge in [-0.05, 0) is 29.7 Å². The second kappa shape index (κ2) is 7.16. The van der Waals surface area contributed by atoms with Crippen molar-refractivity contribution in [2.45, 2.75) is 19.3 Å². The molecule has 0 unspecified atom stereocenters. The summed E-state index contributed by atoms with van der Waals surface area (Å²) in [6.45, 7) is 0.133. The van der Waals surface area contributed by atoms with E-state index in [2.05, 4.69) is 4.98 Å². The number of fused-ring (bicyclic) bond motifs is 2. The Bertz CT molecular complexity index is 1130. The number of rotatable bonds is 5. The van der Waals surface area contributed by atoms with E-state index < -0.39 is 11.7 Å². The molecule has 0 aliphatic carbocycles. The van der Waals surface area contributed by atoms with Gasteiger partial charge < -0.3 is 14.4 Å². The normalized spacial score (nSPS) is 12.0. The van der Waals surface area contributed by atoms with Crippen molar-refractivity contribution >= 4 is 21.8 Å². The molecule has 0 saturated heterocycles. The third-order valence-electron chi connectivity index (χ3n) is 4.58. The highest BCUT2D eigenvalue weighted by atomic mass is 19.4. The van der Waals surface area contributed by atoms with E-state index in [1.165, 1.54) is 6.07 Å². The average molecular weight is 386 g/mol. The lowest BCUT2D eigenvalue weighted by atomic mass is 10.1. The molecule has 0 amide bonds. The molecule has 28 heavy (non-hydrogen) atoms. The fraction of sp³-hybridized carbons (Fsp3) is 0.190. The van der Waals surface area contributed by atoms with Crippen molar-refractivity contribution in [3.05, 3.63) is 72.1 Å². The first-order valence-corrected chi connectivity index (χ1v) is 8.75. The first kappa shape index (κ1) is 18.3. The number of nitrogens with zero attached hydrogens (tertiary/aromatic N) is 2. The number of benzene rings is 3. The van der Waals surface area contributed by atoms with Gasteiger partial charge in [0, 0.05) is 11.9 Å². The number of alkyl halides is 3. The number of aromatic nitrogens is 2. The van der Waals surface area contributed by atoms with Crippen LogP contribution >= 0.6 is 0 Å². The molecule has 4 nitrogen and oxygen atoms in total. The molecule has 1 aromatic heterocycles. The maximum atomic E-state index is 13.0. The first-order chi connectivity index (χ1) is 13.5. The van der Waals surface area contributed by atoms with E-state index in [9.17, 15) is 18.3 Å². The van der Waals surface area contributed by atoms with Crippen LogP contribution < -0.4 is 4.74 Å². The van der Waals surface area contributed by atoms with Gasteiger partial charge in [-0.15, -0.1) is 0 Å². The van der Waals surface area contributed by atoms with Gasteiger partial charge in [0.25, 0.3) is 0 Å². The van der Waals surface area contributed by atoms with Crippen LogP contribution in [0.15, 0.2) is 60.7 Å². The van der Waals surface area contributed by atoms with Gasteiger partial charge in [0.1, 0.15) is 18.2 Å². The maximum absolute atomic E-state index is 13.0. The molecule has 1 N–H and O–H groups in total. The zero-order valence-corrected chi connectivity index (χ0v) is 14.8. The lowest BCUT2D eigenvalue weighted by Gasteiger charge is -2.11. The van der Waals surface area contributed by atoms with Gasteiger partial charge in [-0.3, -0.25) is 0 Å². The van der Waals surface area contributed by atoms with Crippen molar-refractivity contribution in [2.75, 3.05) is 6.61 Å². The van der Waals surface area contributed by atoms with E-state index >= 15 is 0 Å². The van der Waals surface area contributed by atoms with Gasteiger partial charge in [0.2, 0.25) is 0 Å². The second-order valence-corrected chi connectivity index (χ2v) is 6.37. The molecule has 0 spiro atoms. The van der Waals surface area contributed by atoms with Crippen LogP contribution in [-0.4, -0.2) is 21.3 Å². The summed E-state index contributed by atoms with van der Waals surface area (Å²) in [5.41, 5.74) is -0.00599. The summed E-state index contributed by atoms with van der Waals surface area (Å²) < 4.78 is 46.6. The quantitative estimate of drug-likeness (QED) is 0.537. The molecular formula is C21H17F3N2O2. The molecule has 0 bridgehead atoms. The van der Waals surface area contributed by atoms with Gasteiger partial charge >= 0.3 is 6.18 Å². The monoisotopic (exact) mass is 386 g/mol. The number of ether oxygens (including phenoxy) is 1. The minimum atomic E-state index is -4.44. The lowest BCUT2D eigenvalue weighted by molar-refractivity contribution is -0.137. The molecule has 7 heteroatoms. The van der Waals surface area contributed by atoms with Crippen LogP contribution in [0, 0.1) is 0 Å². The summed E-state index contributed by atoms with van der Waals surface area (Å²) in [6, 6.07) is 16.9. The number of halogens is 3. The van der Waals surface area contributed by atoms with Gasteiger partial charge in [-0.2, -0.15) is 13.2 Å². The minimum Gasteiger partial charge on any atom is -0.485 e. The maximum Gasteiger partial charge on any atom is 0.416 e. The third kappa shape index (κ3) is 3.41. The molecule has 1 heterocycles. The summed E-state index contributed by atoms with van der Waals surface area (Å²) in [5.74, 6) is 1.12. The standard InChI is InChI=1S/C21H17F3N2O2/c22-21(23,24)15-8-9-18-17(12-15)25-20(26(18)10-11-27)13-28-19-7-3-5-14-4-1-2-6-16(14)19/h1-9,12,27H,10-11,13H2. The Morgan fingerprint density at radius 1 is 1.00 bits per heavy atom. The molecule has 144 valence electrons. The summed E-state index contributed by atoms with van der Waals surface area (Å²) in [4.78, 5) is 4.33. The van der Waals surface area contributed by atoms with Crippen LogP contribution in [-0.2, 0) is 19.3 Å². The molecule has 0 aliphatic heterocycles. The Morgan fingerprint density at radius 2 is 1.79 bits per heavy atom. The summed E-state index contributed by atoms with van der Waals surface area (Å²) in [5, 5.41) is 11.3. The van der Waals surface area contributed by atoms with Gasteiger partial charge in [-0.1, -0.05) is 36.4 Å². The summed E-state index contributed by atoms with van der Waals surface area (Å²) in [6.07, 6.45) is -4.44. The number of aliphatic hydroxyl groups excluding tert-OH is 1. The van der Waals surface area contributed by atoms with E-state index in [1.54, 1.807) is 4.57 Å². The Labute approximate surface area is 158 Å². The van der Waals surface area contributed by atoms with Crippen molar-refractivity contribution in [3.63, 3.8) is 0 Å². The van der Waals surface area contributed by atoms with Gasteiger partial charge in [-0.25, -0.2) is 4.98 Å². The van der Waals surface area contributed by atoms with Crippen LogP contribution in [0.1, 0.15) is 11.4 Å². The van der Waals surface area contributed by atoms with E-state index in [0.717, 1.165) is 22.9 Å². The van der Waals surface area contributed by atoms with Crippen LogP contribution in [0.4, 0.5) is 13.2 Å². The van der Waals surface area contributed by atoms with Crippen LogP contribution in [0.25, 0.3) is 21.8 Å². The Kier molecular flexibility index (Phi) is 4.68. The minimum absolute atomic E-state index is 0.0735. The van der Waals surface area contributed by atoms with E-state index in [0.29, 0.717) is 17.1 Å². The molecule has 0 radical (unpaired) electrons. The molecule has 0 saturated carbocycles. The summed E-state index contributed by atoms with van der Waals surface area (Å²) in [7, 11) is 0. The van der Waals surface area contributed by atoms with Gasteiger partial charge in [0.15, 0.2) is 0 Å². The van der Waals surface area contributed by atoms with E-state index in [1.807, 2.05) is 42.5 Å².